The SMILES string of the molecule is CCc1ncc2c(n1)CN(C[C@H](O)COCc1ccccc1)CC2. The maximum absolute atomic E-state index is 10.2. The van der Waals surface area contributed by atoms with Crippen molar-refractivity contribution in [2.45, 2.75) is 39.0 Å². The van der Waals surface area contributed by atoms with Gasteiger partial charge in [0, 0.05) is 32.3 Å². The van der Waals surface area contributed by atoms with Gasteiger partial charge in [-0.25, -0.2) is 9.97 Å². The van der Waals surface area contributed by atoms with Gasteiger partial charge < -0.3 is 9.84 Å². The smallest absolute Gasteiger partial charge is 0.128 e. The lowest BCUT2D eigenvalue weighted by Crippen LogP contribution is -2.38. The lowest BCUT2D eigenvalue weighted by molar-refractivity contribution is 0.00747. The average Bonchev–Trinajstić information content (AvgIpc) is 2.62. The summed E-state index contributed by atoms with van der Waals surface area (Å²) in [5, 5.41) is 10.2. The summed E-state index contributed by atoms with van der Waals surface area (Å²) in [7, 11) is 0. The van der Waals surface area contributed by atoms with Gasteiger partial charge in [-0.2, -0.15) is 0 Å². The molecule has 0 spiro atoms. The summed E-state index contributed by atoms with van der Waals surface area (Å²) >= 11 is 0. The fraction of sp³-hybridized carbons (Fsp3) is 0.474. The number of aryl methyl sites for hydroxylation is 1. The van der Waals surface area contributed by atoms with Crippen molar-refractivity contribution in [1.82, 2.24) is 14.9 Å². The molecule has 0 radical (unpaired) electrons. The average molecular weight is 327 g/mol. The Bertz CT molecular complexity index is 648. The molecule has 0 saturated heterocycles. The Balaban J connectivity index is 1.46. The number of β-amino-alcohol motifs (C(OH)–C–C–N with tert-alkyl or cyclic N) is 1. The highest BCUT2D eigenvalue weighted by Gasteiger charge is 2.20. The lowest BCUT2D eigenvalue weighted by atomic mass is 10.1. The maximum Gasteiger partial charge on any atom is 0.128 e. The number of hydrogen-bond donors (Lipinski definition) is 1. The van der Waals surface area contributed by atoms with Crippen molar-refractivity contribution >= 4 is 0 Å². The Kier molecular flexibility index (Phi) is 5.91. The summed E-state index contributed by atoms with van der Waals surface area (Å²) in [6.45, 7) is 5.27. The van der Waals surface area contributed by atoms with Crippen molar-refractivity contribution in [2.75, 3.05) is 19.7 Å². The second-order valence-electron chi connectivity index (χ2n) is 6.25. The number of hydrogen-bond acceptors (Lipinski definition) is 5. The van der Waals surface area contributed by atoms with Gasteiger partial charge in [-0.15, -0.1) is 0 Å². The van der Waals surface area contributed by atoms with E-state index in [1.54, 1.807) is 0 Å². The normalized spacial score (nSPS) is 15.9. The van der Waals surface area contributed by atoms with E-state index < -0.39 is 6.10 Å². The van der Waals surface area contributed by atoms with Crippen LogP contribution in [0.2, 0.25) is 0 Å². The zero-order valence-corrected chi connectivity index (χ0v) is 14.2. The summed E-state index contributed by atoms with van der Waals surface area (Å²) in [6.07, 6.45) is 3.26. The zero-order chi connectivity index (χ0) is 16.8. The van der Waals surface area contributed by atoms with Gasteiger partial charge in [0.1, 0.15) is 5.82 Å². The number of ether oxygens (including phenoxy) is 1. The van der Waals surface area contributed by atoms with E-state index >= 15 is 0 Å². The second-order valence-corrected chi connectivity index (χ2v) is 6.25. The molecule has 5 heteroatoms. The van der Waals surface area contributed by atoms with Gasteiger partial charge in [-0.3, -0.25) is 4.90 Å². The molecule has 0 aliphatic carbocycles. The first-order chi connectivity index (χ1) is 11.7. The third-order valence-corrected chi connectivity index (χ3v) is 4.28. The number of rotatable bonds is 7. The van der Waals surface area contributed by atoms with Crippen molar-refractivity contribution in [3.63, 3.8) is 0 Å². The van der Waals surface area contributed by atoms with Gasteiger partial charge in [0.15, 0.2) is 0 Å². The van der Waals surface area contributed by atoms with E-state index in [1.807, 2.05) is 36.5 Å². The Labute approximate surface area is 143 Å². The van der Waals surface area contributed by atoms with Gasteiger partial charge in [-0.05, 0) is 17.5 Å². The Morgan fingerprint density at radius 1 is 1.29 bits per heavy atom. The van der Waals surface area contributed by atoms with Gasteiger partial charge in [0.05, 0.1) is 25.0 Å². The quantitative estimate of drug-likeness (QED) is 0.843. The number of nitrogens with zero attached hydrogens (tertiary/aromatic N) is 3. The highest BCUT2D eigenvalue weighted by Crippen LogP contribution is 2.16. The largest absolute Gasteiger partial charge is 0.389 e. The third-order valence-electron chi connectivity index (χ3n) is 4.28. The molecular weight excluding hydrogens is 302 g/mol. The topological polar surface area (TPSA) is 58.5 Å². The molecule has 0 saturated carbocycles. The summed E-state index contributed by atoms with van der Waals surface area (Å²) in [4.78, 5) is 11.2. The minimum atomic E-state index is -0.484. The molecular formula is C19H25N3O2. The van der Waals surface area contributed by atoms with Crippen molar-refractivity contribution < 1.29 is 9.84 Å². The van der Waals surface area contributed by atoms with Crippen LogP contribution < -0.4 is 0 Å². The van der Waals surface area contributed by atoms with E-state index in [9.17, 15) is 5.11 Å². The molecule has 1 aromatic heterocycles. The fourth-order valence-electron chi connectivity index (χ4n) is 2.96. The van der Waals surface area contributed by atoms with Crippen LogP contribution in [-0.2, 0) is 30.7 Å². The zero-order valence-electron chi connectivity index (χ0n) is 14.2. The van der Waals surface area contributed by atoms with Gasteiger partial charge in [-0.1, -0.05) is 37.3 Å². The predicted octanol–water partition coefficient (Wildman–Crippen LogP) is 1.97. The third kappa shape index (κ3) is 4.60. The molecule has 1 N–H and O–H groups in total. The van der Waals surface area contributed by atoms with Gasteiger partial charge >= 0.3 is 0 Å². The summed E-state index contributed by atoms with van der Waals surface area (Å²) < 4.78 is 5.63. The van der Waals surface area contributed by atoms with Crippen LogP contribution in [0.1, 0.15) is 29.6 Å². The number of fused-ring (bicyclic) bond motifs is 1. The van der Waals surface area contributed by atoms with E-state index in [0.29, 0.717) is 19.8 Å². The first-order valence-electron chi connectivity index (χ1n) is 8.60. The van der Waals surface area contributed by atoms with Crippen molar-refractivity contribution in [3.8, 4) is 0 Å². The predicted molar refractivity (Wildman–Crippen MR) is 92.5 cm³/mol. The van der Waals surface area contributed by atoms with Crippen LogP contribution in [0.5, 0.6) is 0 Å². The molecule has 1 atom stereocenters. The van der Waals surface area contributed by atoms with E-state index in [2.05, 4.69) is 21.8 Å². The summed E-state index contributed by atoms with van der Waals surface area (Å²) in [6, 6.07) is 10.0. The first-order valence-corrected chi connectivity index (χ1v) is 8.60. The molecule has 1 aliphatic heterocycles. The minimum absolute atomic E-state index is 0.349. The molecule has 5 nitrogen and oxygen atoms in total. The first kappa shape index (κ1) is 17.0. The monoisotopic (exact) mass is 327 g/mol. The van der Waals surface area contributed by atoms with Crippen LogP contribution in [0.3, 0.4) is 0 Å². The van der Waals surface area contributed by atoms with Crippen molar-refractivity contribution in [3.05, 3.63) is 59.2 Å². The van der Waals surface area contributed by atoms with Gasteiger partial charge in [0.2, 0.25) is 0 Å². The number of benzene rings is 1. The molecule has 2 heterocycles. The van der Waals surface area contributed by atoms with Crippen molar-refractivity contribution in [2.24, 2.45) is 0 Å². The van der Waals surface area contributed by atoms with Crippen LogP contribution in [0.15, 0.2) is 36.5 Å². The lowest BCUT2D eigenvalue weighted by Gasteiger charge is -2.29. The molecule has 0 fully saturated rings. The van der Waals surface area contributed by atoms with Gasteiger partial charge in [0.25, 0.3) is 0 Å². The van der Waals surface area contributed by atoms with Crippen LogP contribution in [0.4, 0.5) is 0 Å². The second kappa shape index (κ2) is 8.33. The highest BCUT2D eigenvalue weighted by atomic mass is 16.5. The highest BCUT2D eigenvalue weighted by molar-refractivity contribution is 5.20. The summed E-state index contributed by atoms with van der Waals surface area (Å²) in [5.74, 6) is 0.891. The van der Waals surface area contributed by atoms with Crippen LogP contribution in [-0.4, -0.2) is 45.8 Å². The number of aromatic nitrogens is 2. The Morgan fingerprint density at radius 2 is 2.12 bits per heavy atom. The van der Waals surface area contributed by atoms with E-state index in [-0.39, 0.29) is 0 Å². The molecule has 2 aromatic rings. The molecule has 0 amide bonds. The fourth-order valence-corrected chi connectivity index (χ4v) is 2.96. The van der Waals surface area contributed by atoms with E-state index in [0.717, 1.165) is 43.0 Å². The summed E-state index contributed by atoms with van der Waals surface area (Å²) in [5.41, 5.74) is 3.46. The number of aliphatic hydroxyl groups excluding tert-OH is 1. The van der Waals surface area contributed by atoms with Crippen LogP contribution in [0, 0.1) is 0 Å². The standard InChI is InChI=1S/C19H25N3O2/c1-2-19-20-10-16-8-9-22(12-18(16)21-19)11-17(23)14-24-13-15-6-4-3-5-7-15/h3-7,10,17,23H,2,8-9,11-14H2,1H3/t17-/m0/s1. The van der Waals surface area contributed by atoms with E-state index in [4.69, 9.17) is 4.74 Å². The van der Waals surface area contributed by atoms with E-state index in [1.165, 1.54) is 5.56 Å². The molecule has 3 rings (SSSR count). The Morgan fingerprint density at radius 3 is 2.92 bits per heavy atom. The molecule has 24 heavy (non-hydrogen) atoms. The van der Waals surface area contributed by atoms with Crippen molar-refractivity contribution in [1.29, 1.82) is 0 Å². The molecule has 0 unspecified atom stereocenters. The Hall–Kier alpha value is -1.82. The molecule has 0 bridgehead atoms. The molecule has 1 aliphatic rings. The molecule has 1 aromatic carbocycles. The maximum atomic E-state index is 10.2. The van der Waals surface area contributed by atoms with Crippen LogP contribution >= 0.6 is 0 Å². The van der Waals surface area contributed by atoms with Crippen LogP contribution in [0.25, 0.3) is 0 Å². The number of aliphatic hydroxyl groups is 1. The minimum Gasteiger partial charge on any atom is -0.389 e. The molecule has 128 valence electrons.